The van der Waals surface area contributed by atoms with E-state index in [1.54, 1.807) is 0 Å². The number of carbonyl (C=O) groups is 1. The van der Waals surface area contributed by atoms with Crippen molar-refractivity contribution in [1.82, 2.24) is 9.55 Å². The number of Topliss-reactive ketones (excluding diaryl/α,β-unsaturated/α-hetero) is 1. The Labute approximate surface area is 153 Å². The summed E-state index contributed by atoms with van der Waals surface area (Å²) in [7, 11) is -0.738. The highest BCUT2D eigenvalue weighted by Gasteiger charge is 2.52. The third-order valence-corrected chi connectivity index (χ3v) is 9.70. The van der Waals surface area contributed by atoms with E-state index in [-0.39, 0.29) is 10.8 Å². The summed E-state index contributed by atoms with van der Waals surface area (Å²) in [5.41, 5.74) is -1.13. The van der Waals surface area contributed by atoms with Crippen molar-refractivity contribution < 1.29 is 18.7 Å². The maximum atomic E-state index is 12.2. The van der Waals surface area contributed by atoms with Gasteiger partial charge in [0.25, 0.3) is 5.56 Å². The van der Waals surface area contributed by atoms with Gasteiger partial charge in [0.05, 0.1) is 0 Å². The van der Waals surface area contributed by atoms with E-state index in [1.165, 1.54) is 30.9 Å². The van der Waals surface area contributed by atoms with E-state index in [0.717, 1.165) is 0 Å². The minimum absolute atomic E-state index is 0.0699. The summed E-state index contributed by atoms with van der Waals surface area (Å²) in [6, 6.07) is 1.22. The van der Waals surface area contributed by atoms with Crippen LogP contribution in [0.15, 0.2) is 21.9 Å². The molecule has 1 aromatic heterocycles. The minimum atomic E-state index is -2.23. The molecule has 0 unspecified atom stereocenters. The highest BCUT2D eigenvalue weighted by molar-refractivity contribution is 6.74. The molecule has 0 spiro atoms. The Morgan fingerprint density at radius 2 is 1.88 bits per heavy atom. The lowest BCUT2D eigenvalue weighted by Crippen LogP contribution is -2.50. The molecule has 26 heavy (non-hydrogen) atoms. The van der Waals surface area contributed by atoms with Gasteiger partial charge in [-0.05, 0) is 25.1 Å². The van der Waals surface area contributed by atoms with Crippen LogP contribution < -0.4 is 11.2 Å². The molecule has 0 amide bonds. The molecule has 1 saturated heterocycles. The van der Waals surface area contributed by atoms with Crippen molar-refractivity contribution in [3.05, 3.63) is 33.1 Å². The van der Waals surface area contributed by atoms with Crippen LogP contribution in [-0.4, -0.2) is 49.1 Å². The first-order valence-corrected chi connectivity index (χ1v) is 11.5. The van der Waals surface area contributed by atoms with E-state index >= 15 is 0 Å². The van der Waals surface area contributed by atoms with Crippen LogP contribution in [0.1, 0.15) is 33.9 Å². The van der Waals surface area contributed by atoms with Gasteiger partial charge in [0.15, 0.2) is 20.3 Å². The molecular weight excluding hydrogens is 356 g/mol. The van der Waals surface area contributed by atoms with Crippen LogP contribution in [0.2, 0.25) is 18.1 Å². The molecule has 1 aliphatic rings. The summed E-state index contributed by atoms with van der Waals surface area (Å²) >= 11 is 0. The molecule has 4 atom stereocenters. The van der Waals surface area contributed by atoms with Crippen molar-refractivity contribution in [2.75, 3.05) is 7.11 Å². The van der Waals surface area contributed by atoms with Crippen LogP contribution in [0.5, 0.6) is 0 Å². The van der Waals surface area contributed by atoms with Gasteiger partial charge in [-0.2, -0.15) is 0 Å². The van der Waals surface area contributed by atoms with Gasteiger partial charge in [-0.1, -0.05) is 20.8 Å². The Balaban J connectivity index is 2.45. The number of ketones is 1. The highest BCUT2D eigenvalue weighted by atomic mass is 28.4. The number of rotatable bonds is 5. The molecule has 146 valence electrons. The van der Waals surface area contributed by atoms with Gasteiger partial charge >= 0.3 is 5.69 Å². The van der Waals surface area contributed by atoms with E-state index < -0.39 is 44.1 Å². The van der Waals surface area contributed by atoms with Crippen LogP contribution in [0, 0.1) is 0 Å². The molecule has 0 saturated carbocycles. The maximum absolute atomic E-state index is 12.2. The Kier molecular flexibility index (Phi) is 5.76. The van der Waals surface area contributed by atoms with Crippen molar-refractivity contribution in [3.63, 3.8) is 0 Å². The van der Waals surface area contributed by atoms with Crippen molar-refractivity contribution in [3.8, 4) is 0 Å². The van der Waals surface area contributed by atoms with Gasteiger partial charge in [0.2, 0.25) is 0 Å². The zero-order valence-electron chi connectivity index (χ0n) is 16.4. The van der Waals surface area contributed by atoms with Crippen molar-refractivity contribution >= 4 is 14.1 Å². The molecule has 1 fully saturated rings. The average molecular weight is 385 g/mol. The van der Waals surface area contributed by atoms with Crippen LogP contribution >= 0.6 is 0 Å². The van der Waals surface area contributed by atoms with E-state index in [4.69, 9.17) is 13.9 Å². The second-order valence-electron chi connectivity index (χ2n) is 8.12. The molecular formula is C17H28N2O6Si. The maximum Gasteiger partial charge on any atom is 0.330 e. The number of aromatic amines is 1. The average Bonchev–Trinajstić information content (AvgIpc) is 2.83. The third-order valence-electron chi connectivity index (χ3n) is 5.22. The molecule has 2 rings (SSSR count). The first-order valence-electron chi connectivity index (χ1n) is 8.57. The topological polar surface area (TPSA) is 99.6 Å². The SMILES string of the molecule is CO[C@@H]1[C@H](O[Si](C)(C)C(C)(C)C)[C@@H](C(C)=O)O[C@H]1n1ccc(=O)[nH]c1=O. The quantitative estimate of drug-likeness (QED) is 0.771. The second-order valence-corrected chi connectivity index (χ2v) is 12.9. The van der Waals surface area contributed by atoms with Crippen molar-refractivity contribution in [2.24, 2.45) is 0 Å². The minimum Gasteiger partial charge on any atom is -0.408 e. The summed E-state index contributed by atoms with van der Waals surface area (Å²) in [6.07, 6.45) is -1.68. The summed E-state index contributed by atoms with van der Waals surface area (Å²) in [5.74, 6) is -0.198. The number of H-pyrrole nitrogens is 1. The lowest BCUT2D eigenvalue weighted by molar-refractivity contribution is -0.133. The van der Waals surface area contributed by atoms with Gasteiger partial charge in [-0.3, -0.25) is 19.1 Å². The second kappa shape index (κ2) is 7.22. The van der Waals surface area contributed by atoms with Gasteiger partial charge in [0.1, 0.15) is 18.3 Å². The number of hydrogen-bond acceptors (Lipinski definition) is 6. The Morgan fingerprint density at radius 3 is 2.35 bits per heavy atom. The summed E-state index contributed by atoms with van der Waals surface area (Å²) in [4.78, 5) is 37.9. The highest BCUT2D eigenvalue weighted by Crippen LogP contribution is 2.41. The predicted molar refractivity (Wildman–Crippen MR) is 98.8 cm³/mol. The van der Waals surface area contributed by atoms with Gasteiger partial charge in [-0.15, -0.1) is 0 Å². The number of ether oxygens (including phenoxy) is 2. The summed E-state index contributed by atoms with van der Waals surface area (Å²) < 4.78 is 19.1. The fraction of sp³-hybridized carbons (Fsp3) is 0.706. The van der Waals surface area contributed by atoms with E-state index in [9.17, 15) is 14.4 Å². The van der Waals surface area contributed by atoms with Gasteiger partial charge < -0.3 is 13.9 Å². The number of nitrogens with zero attached hydrogens (tertiary/aromatic N) is 1. The van der Waals surface area contributed by atoms with Crippen LogP contribution in [0.3, 0.4) is 0 Å². The molecule has 2 heterocycles. The van der Waals surface area contributed by atoms with Gasteiger partial charge in [-0.25, -0.2) is 4.79 Å². The molecule has 0 aliphatic carbocycles. The van der Waals surface area contributed by atoms with Crippen LogP contribution in [0.4, 0.5) is 0 Å². The molecule has 8 nitrogen and oxygen atoms in total. The van der Waals surface area contributed by atoms with Crippen LogP contribution in [-0.2, 0) is 18.7 Å². The fourth-order valence-electron chi connectivity index (χ4n) is 2.71. The molecule has 1 N–H and O–H groups in total. The third kappa shape index (κ3) is 3.90. The Bertz CT molecular complexity index is 778. The predicted octanol–water partition coefficient (Wildman–Crippen LogP) is 1.43. The molecule has 1 aromatic rings. The lowest BCUT2D eigenvalue weighted by atomic mass is 10.1. The smallest absolute Gasteiger partial charge is 0.330 e. The molecule has 0 bridgehead atoms. The lowest BCUT2D eigenvalue weighted by Gasteiger charge is -2.40. The van der Waals surface area contributed by atoms with Crippen molar-refractivity contribution in [2.45, 2.75) is 70.4 Å². The standard InChI is InChI=1S/C17H28N2O6Si/c1-10(20)12-13(25-26(6,7)17(2,3)4)14(23-5)15(24-12)19-9-8-11(21)18-16(19)22/h8-9,12-15H,1-7H3,(H,18,21,22)/t12-,13-,14-,15-/m1/s1. The zero-order valence-corrected chi connectivity index (χ0v) is 17.4. The van der Waals surface area contributed by atoms with Crippen molar-refractivity contribution in [1.29, 1.82) is 0 Å². The first kappa shape index (κ1) is 20.8. The van der Waals surface area contributed by atoms with E-state index in [0.29, 0.717) is 0 Å². The van der Waals surface area contributed by atoms with Gasteiger partial charge in [0, 0.05) is 19.4 Å². The number of aromatic nitrogens is 2. The number of hydrogen-bond donors (Lipinski definition) is 1. The molecule has 0 radical (unpaired) electrons. The normalized spacial score (nSPS) is 26.9. The molecule has 9 heteroatoms. The Morgan fingerprint density at radius 1 is 1.27 bits per heavy atom. The number of nitrogens with one attached hydrogen (secondary N) is 1. The zero-order chi connectivity index (χ0) is 19.9. The van der Waals surface area contributed by atoms with E-state index in [2.05, 4.69) is 38.8 Å². The fourth-order valence-corrected chi connectivity index (χ4v) is 4.01. The summed E-state index contributed by atoms with van der Waals surface area (Å²) in [6.45, 7) is 11.9. The summed E-state index contributed by atoms with van der Waals surface area (Å²) in [5, 5.41) is -0.0699. The number of methoxy groups -OCH3 is 1. The van der Waals surface area contributed by atoms with E-state index in [1.807, 2.05) is 0 Å². The largest absolute Gasteiger partial charge is 0.408 e. The Hall–Kier alpha value is -1.55. The molecule has 1 aliphatic heterocycles. The molecule has 0 aromatic carbocycles. The number of carbonyl (C=O) groups excluding carboxylic acids is 1. The monoisotopic (exact) mass is 384 g/mol. The van der Waals surface area contributed by atoms with Crippen LogP contribution in [0.25, 0.3) is 0 Å². The first-order chi connectivity index (χ1) is 11.9.